The molecule has 1 atom stereocenters. The van der Waals surface area contributed by atoms with Crippen molar-refractivity contribution in [3.8, 4) is 0 Å². The molecule has 1 aromatic heterocycles. The zero-order chi connectivity index (χ0) is 15.4. The Morgan fingerprint density at radius 2 is 2.05 bits per heavy atom. The number of hydrogen-bond acceptors (Lipinski definition) is 3. The van der Waals surface area contributed by atoms with Crippen molar-refractivity contribution in [3.63, 3.8) is 0 Å². The van der Waals surface area contributed by atoms with E-state index in [1.165, 1.54) is 0 Å². The number of anilines is 1. The lowest BCUT2D eigenvalue weighted by Gasteiger charge is -2.19. The molecule has 0 fully saturated rings. The Hall–Kier alpha value is -2.37. The molecule has 0 saturated heterocycles. The largest absolute Gasteiger partial charge is 0.328 e. The van der Waals surface area contributed by atoms with Gasteiger partial charge in [-0.25, -0.2) is 9.78 Å². The number of rotatable bonds is 4. The predicted molar refractivity (Wildman–Crippen MR) is 82.0 cm³/mol. The van der Waals surface area contributed by atoms with Crippen LogP contribution in [-0.2, 0) is 0 Å². The van der Waals surface area contributed by atoms with E-state index in [1.54, 1.807) is 0 Å². The van der Waals surface area contributed by atoms with Crippen molar-refractivity contribution >= 4 is 11.7 Å². The summed E-state index contributed by atoms with van der Waals surface area (Å²) in [5, 5.41) is 12.7. The van der Waals surface area contributed by atoms with Crippen LogP contribution in [0.5, 0.6) is 0 Å². The number of aromatic amines is 1. The molecule has 2 rings (SSSR count). The molecule has 3 N–H and O–H groups in total. The molecule has 6 nitrogen and oxygen atoms in total. The Morgan fingerprint density at radius 3 is 2.62 bits per heavy atom. The van der Waals surface area contributed by atoms with E-state index >= 15 is 0 Å². The number of urea groups is 1. The highest BCUT2D eigenvalue weighted by molar-refractivity contribution is 5.89. The number of hydrogen-bond donors (Lipinski definition) is 3. The van der Waals surface area contributed by atoms with Gasteiger partial charge in [0.05, 0.1) is 6.04 Å². The van der Waals surface area contributed by atoms with Gasteiger partial charge in [0.15, 0.2) is 5.82 Å². The van der Waals surface area contributed by atoms with Crippen LogP contribution in [-0.4, -0.2) is 21.2 Å². The summed E-state index contributed by atoms with van der Waals surface area (Å²) in [6.07, 6.45) is 0. The van der Waals surface area contributed by atoms with Crippen LogP contribution < -0.4 is 10.6 Å². The molecular weight excluding hydrogens is 266 g/mol. The van der Waals surface area contributed by atoms with E-state index in [2.05, 4.69) is 25.8 Å². The van der Waals surface area contributed by atoms with Crippen molar-refractivity contribution in [1.29, 1.82) is 0 Å². The van der Waals surface area contributed by atoms with Gasteiger partial charge in [-0.3, -0.25) is 5.10 Å². The molecular formula is C15H21N5O. The van der Waals surface area contributed by atoms with Gasteiger partial charge < -0.3 is 10.6 Å². The van der Waals surface area contributed by atoms with Crippen molar-refractivity contribution in [2.75, 3.05) is 5.32 Å². The van der Waals surface area contributed by atoms with Crippen molar-refractivity contribution < 1.29 is 4.79 Å². The van der Waals surface area contributed by atoms with Gasteiger partial charge in [-0.05, 0) is 37.5 Å². The van der Waals surface area contributed by atoms with Crippen molar-refractivity contribution in [1.82, 2.24) is 20.5 Å². The third-order valence-electron chi connectivity index (χ3n) is 3.12. The Bertz CT molecular complexity index is 620. The Balaban J connectivity index is 2.05. The summed E-state index contributed by atoms with van der Waals surface area (Å²) in [7, 11) is 0. The van der Waals surface area contributed by atoms with E-state index in [0.29, 0.717) is 5.82 Å². The van der Waals surface area contributed by atoms with Gasteiger partial charge in [0.2, 0.25) is 0 Å². The first kappa shape index (κ1) is 15.0. The van der Waals surface area contributed by atoms with E-state index in [0.717, 1.165) is 17.1 Å². The highest BCUT2D eigenvalue weighted by atomic mass is 16.2. The summed E-state index contributed by atoms with van der Waals surface area (Å²) < 4.78 is 0. The van der Waals surface area contributed by atoms with E-state index in [1.807, 2.05) is 52.0 Å². The molecule has 0 aliphatic rings. The van der Waals surface area contributed by atoms with Gasteiger partial charge in [-0.2, -0.15) is 5.10 Å². The number of aromatic nitrogens is 3. The maximum Gasteiger partial charge on any atom is 0.319 e. The fourth-order valence-corrected chi connectivity index (χ4v) is 2.06. The molecule has 2 amide bonds. The van der Waals surface area contributed by atoms with Crippen molar-refractivity contribution in [2.45, 2.75) is 33.7 Å². The summed E-state index contributed by atoms with van der Waals surface area (Å²) in [6, 6.07) is 7.16. The van der Waals surface area contributed by atoms with E-state index in [9.17, 15) is 4.79 Å². The molecule has 0 spiro atoms. The van der Waals surface area contributed by atoms with Gasteiger partial charge in [0.25, 0.3) is 0 Å². The van der Waals surface area contributed by atoms with Gasteiger partial charge >= 0.3 is 6.03 Å². The maximum absolute atomic E-state index is 12.1. The quantitative estimate of drug-likeness (QED) is 0.808. The number of carbonyl (C=O) groups excluding carboxylic acids is 1. The highest BCUT2D eigenvalue weighted by Crippen LogP contribution is 2.18. The number of H-pyrrole nitrogens is 1. The summed E-state index contributed by atoms with van der Waals surface area (Å²) in [5.74, 6) is 1.52. The first-order valence-corrected chi connectivity index (χ1v) is 6.99. The van der Waals surface area contributed by atoms with Crippen LogP contribution in [0.2, 0.25) is 0 Å². The molecule has 6 heteroatoms. The second-order valence-corrected chi connectivity index (χ2v) is 5.47. The van der Waals surface area contributed by atoms with Crippen LogP contribution in [0.3, 0.4) is 0 Å². The Morgan fingerprint density at radius 1 is 1.29 bits per heavy atom. The second kappa shape index (κ2) is 6.39. The third-order valence-corrected chi connectivity index (χ3v) is 3.12. The molecule has 21 heavy (non-hydrogen) atoms. The molecule has 0 unspecified atom stereocenters. The smallest absolute Gasteiger partial charge is 0.319 e. The van der Waals surface area contributed by atoms with E-state index in [-0.39, 0.29) is 18.0 Å². The number of aryl methyl sites for hydroxylation is 2. The molecule has 0 aliphatic carbocycles. The topological polar surface area (TPSA) is 82.7 Å². The number of benzene rings is 1. The lowest BCUT2D eigenvalue weighted by Crippen LogP contribution is -2.35. The molecule has 0 saturated carbocycles. The van der Waals surface area contributed by atoms with Crippen LogP contribution >= 0.6 is 0 Å². The molecule has 112 valence electrons. The number of amides is 2. The number of nitrogens with zero attached hydrogens (tertiary/aromatic N) is 2. The summed E-state index contributed by atoms with van der Waals surface area (Å²) in [6.45, 7) is 7.85. The van der Waals surface area contributed by atoms with Crippen LogP contribution in [0.1, 0.15) is 37.1 Å². The highest BCUT2D eigenvalue weighted by Gasteiger charge is 2.22. The minimum atomic E-state index is -0.262. The third kappa shape index (κ3) is 4.05. The minimum absolute atomic E-state index is 0.184. The SMILES string of the molecule is Cc1cccc(NC(=O)N[C@H](c2n[nH]c(C)n2)C(C)C)c1. The number of carbonyl (C=O) groups is 1. The molecule has 0 aliphatic heterocycles. The summed E-state index contributed by atoms with van der Waals surface area (Å²) in [5.41, 5.74) is 1.86. The molecule has 0 bridgehead atoms. The average Bonchev–Trinajstić information content (AvgIpc) is 2.82. The minimum Gasteiger partial charge on any atom is -0.328 e. The monoisotopic (exact) mass is 287 g/mol. The van der Waals surface area contributed by atoms with Gasteiger partial charge in [-0.1, -0.05) is 26.0 Å². The second-order valence-electron chi connectivity index (χ2n) is 5.47. The first-order valence-electron chi connectivity index (χ1n) is 6.99. The van der Waals surface area contributed by atoms with E-state index in [4.69, 9.17) is 0 Å². The molecule has 2 aromatic rings. The van der Waals surface area contributed by atoms with Crippen LogP contribution in [0.25, 0.3) is 0 Å². The van der Waals surface area contributed by atoms with Gasteiger partial charge in [0.1, 0.15) is 5.82 Å². The fraction of sp³-hybridized carbons (Fsp3) is 0.400. The average molecular weight is 287 g/mol. The standard InChI is InChI=1S/C15H21N5O/c1-9(2)13(14-16-11(4)19-20-14)18-15(21)17-12-7-5-6-10(3)8-12/h5-9,13H,1-4H3,(H,16,19,20)(H2,17,18,21)/t13-/m0/s1. The zero-order valence-electron chi connectivity index (χ0n) is 12.8. The van der Waals surface area contributed by atoms with Crippen LogP contribution in [0.4, 0.5) is 10.5 Å². The van der Waals surface area contributed by atoms with Gasteiger partial charge in [-0.15, -0.1) is 0 Å². The first-order chi connectivity index (χ1) is 9.95. The Kier molecular flexibility index (Phi) is 4.57. The lowest BCUT2D eigenvalue weighted by molar-refractivity contribution is 0.244. The molecule has 1 aromatic carbocycles. The molecule has 0 radical (unpaired) electrons. The van der Waals surface area contributed by atoms with Crippen molar-refractivity contribution in [2.24, 2.45) is 5.92 Å². The number of nitrogens with one attached hydrogen (secondary N) is 3. The maximum atomic E-state index is 12.1. The van der Waals surface area contributed by atoms with Crippen LogP contribution in [0.15, 0.2) is 24.3 Å². The van der Waals surface area contributed by atoms with Gasteiger partial charge in [0, 0.05) is 5.69 Å². The fourth-order valence-electron chi connectivity index (χ4n) is 2.06. The zero-order valence-corrected chi connectivity index (χ0v) is 12.8. The van der Waals surface area contributed by atoms with Crippen molar-refractivity contribution in [3.05, 3.63) is 41.5 Å². The lowest BCUT2D eigenvalue weighted by atomic mass is 10.0. The van der Waals surface area contributed by atoms with Crippen LogP contribution in [0, 0.1) is 19.8 Å². The predicted octanol–water partition coefficient (Wildman–Crippen LogP) is 2.94. The van der Waals surface area contributed by atoms with E-state index < -0.39 is 0 Å². The molecule has 1 heterocycles. The summed E-state index contributed by atoms with van der Waals surface area (Å²) >= 11 is 0. The summed E-state index contributed by atoms with van der Waals surface area (Å²) in [4.78, 5) is 16.4. The normalized spacial score (nSPS) is 12.2. The Labute approximate surface area is 124 Å².